The van der Waals surface area contributed by atoms with Crippen molar-refractivity contribution >= 4 is 8.60 Å². The van der Waals surface area contributed by atoms with E-state index >= 15 is 0 Å². The standard InChI is InChI=1S/O3P.3H2O.2O.4Zn/c1-4(2)3;;;;;;;;;/h;3*1H2;;;;;;/q-3;;;;2*-2;4*+2/p-1. The van der Waals surface area contributed by atoms with E-state index in [0.29, 0.717) is 0 Å². The summed E-state index contributed by atoms with van der Waals surface area (Å²) in [5.41, 5.74) is 0. The molecule has 0 saturated carbocycles. The van der Waals surface area contributed by atoms with Crippen molar-refractivity contribution in [2.45, 2.75) is 0 Å². The van der Waals surface area contributed by atoms with E-state index in [1.807, 2.05) is 0 Å². The van der Waals surface area contributed by atoms with E-state index in [1.165, 1.54) is 0 Å². The van der Waals surface area contributed by atoms with E-state index in [4.69, 9.17) is 14.7 Å². The Morgan fingerprint density at radius 1 is 0.615 bits per heavy atom. The summed E-state index contributed by atoms with van der Waals surface area (Å²) in [7, 11) is -3.37. The topological polar surface area (TPSA) is 219 Å². The first-order valence-corrected chi connectivity index (χ1v) is 1.64. The molecule has 0 bridgehead atoms. The van der Waals surface area contributed by atoms with Crippen LogP contribution in [0, 0.1) is 0 Å². The summed E-state index contributed by atoms with van der Waals surface area (Å²) in [6, 6.07) is 0. The first-order chi connectivity index (χ1) is 1.73. The number of hydrogen-bond acceptors (Lipinski definition) is 4. The Hall–Kier alpha value is 2.60. The van der Waals surface area contributed by atoms with Gasteiger partial charge in [-0.2, -0.15) is 0 Å². The van der Waals surface area contributed by atoms with Gasteiger partial charge in [0.1, 0.15) is 0 Å². The fraction of sp³-hybridized carbons (Fsp3) is 0. The van der Waals surface area contributed by atoms with Crippen LogP contribution in [0.4, 0.5) is 0 Å². The van der Waals surface area contributed by atoms with Crippen molar-refractivity contribution in [1.29, 1.82) is 0 Å². The molecule has 0 rings (SSSR count). The van der Waals surface area contributed by atoms with Crippen LogP contribution in [0.3, 0.4) is 0 Å². The van der Waals surface area contributed by atoms with Crippen LogP contribution in [0.25, 0.3) is 0 Å². The summed E-state index contributed by atoms with van der Waals surface area (Å²) in [5.74, 6) is 0. The average molecular weight is 426 g/mol. The van der Waals surface area contributed by atoms with Crippen molar-refractivity contribution in [3.8, 4) is 0 Å². The van der Waals surface area contributed by atoms with Crippen molar-refractivity contribution in [1.82, 2.24) is 0 Å². The minimum absolute atomic E-state index is 0. The quantitative estimate of drug-likeness (QED) is 0.275. The predicted molar refractivity (Wildman–Crippen MR) is 17.5 cm³/mol. The average Bonchev–Trinajstić information content (AvgIpc) is 0.811. The summed E-state index contributed by atoms with van der Waals surface area (Å²) < 4.78 is 0. The van der Waals surface area contributed by atoms with Crippen LogP contribution in [-0.2, 0) is 88.9 Å². The van der Waals surface area contributed by atoms with E-state index in [2.05, 4.69) is 0 Å². The van der Waals surface area contributed by atoms with Gasteiger partial charge in [0.15, 0.2) is 0 Å². The Morgan fingerprint density at radius 2 is 0.615 bits per heavy atom. The molecule has 0 amide bonds. The first-order valence-electron chi connectivity index (χ1n) is 0.548. The van der Waals surface area contributed by atoms with Gasteiger partial charge in [0.25, 0.3) is 0 Å². The molecule has 13 heavy (non-hydrogen) atoms. The van der Waals surface area contributed by atoms with Crippen LogP contribution in [0.15, 0.2) is 0 Å². The maximum absolute atomic E-state index is 8.48. The van der Waals surface area contributed by atoms with Gasteiger partial charge in [0, 0.05) is 0 Å². The molecule has 0 fully saturated rings. The van der Waals surface area contributed by atoms with Gasteiger partial charge in [-0.05, 0) is 0 Å². The Kier molecular flexibility index (Phi) is 702. The maximum Gasteiger partial charge on any atom is 2.00 e. The third-order valence-corrected chi connectivity index (χ3v) is 0. The van der Waals surface area contributed by atoms with Crippen molar-refractivity contribution in [2.75, 3.05) is 0 Å². The molecule has 0 aliphatic carbocycles. The molecule has 0 spiro atoms. The molecule has 0 aromatic heterocycles. The fourth-order valence-electron chi connectivity index (χ4n) is 0. The van der Waals surface area contributed by atoms with E-state index in [0.717, 1.165) is 0 Å². The van der Waals surface area contributed by atoms with E-state index in [9.17, 15) is 0 Å². The molecule has 0 atom stereocenters. The van der Waals surface area contributed by atoms with Crippen LogP contribution < -0.4 is 14.7 Å². The van der Waals surface area contributed by atoms with Gasteiger partial charge < -0.3 is 50.7 Å². The van der Waals surface area contributed by atoms with Gasteiger partial charge in [-0.15, -0.1) is 0 Å². The molecule has 8 nitrogen and oxygen atoms in total. The molecule has 66 valence electrons. The van der Waals surface area contributed by atoms with Crippen LogP contribution in [0.1, 0.15) is 0 Å². The summed E-state index contributed by atoms with van der Waals surface area (Å²) in [6.07, 6.45) is 0. The smallest absolute Gasteiger partial charge is 2.00 e. The zero-order valence-corrected chi connectivity index (χ0v) is 19.5. The van der Waals surface area contributed by atoms with Gasteiger partial charge >= 0.3 is 77.9 Å². The summed E-state index contributed by atoms with van der Waals surface area (Å²) >= 11 is 0. The Labute approximate surface area is 127 Å². The van der Waals surface area contributed by atoms with Crippen LogP contribution in [0.2, 0.25) is 0 Å². The van der Waals surface area contributed by atoms with Crippen LogP contribution in [0.5, 0.6) is 0 Å². The molecular formula is H5O8PZn4. The first kappa shape index (κ1) is 106. The third-order valence-electron chi connectivity index (χ3n) is 0. The second-order valence-electron chi connectivity index (χ2n) is 0.224. The molecule has 0 heterocycles. The van der Waals surface area contributed by atoms with Crippen molar-refractivity contribution < 1.29 is 120 Å². The van der Waals surface area contributed by atoms with E-state index in [1.54, 1.807) is 0 Å². The minimum atomic E-state index is -3.37. The molecule has 5 N–H and O–H groups in total. The Bertz CT molecular complexity index is 20.9. The molecule has 0 aliphatic rings. The van der Waals surface area contributed by atoms with E-state index < -0.39 is 8.60 Å². The maximum atomic E-state index is 8.48. The van der Waals surface area contributed by atoms with Crippen LogP contribution >= 0.6 is 8.60 Å². The van der Waals surface area contributed by atoms with Gasteiger partial charge in [0.2, 0.25) is 0 Å². The molecule has 13 heteroatoms. The molecular weight excluding hydrogens is 421 g/mol. The number of rotatable bonds is 0. The van der Waals surface area contributed by atoms with Gasteiger partial charge in [-0.25, -0.2) is 0 Å². The van der Waals surface area contributed by atoms with E-state index in [-0.39, 0.29) is 105 Å². The zero-order valence-electron chi connectivity index (χ0n) is 6.76. The second-order valence-corrected chi connectivity index (χ2v) is 0.671. The summed E-state index contributed by atoms with van der Waals surface area (Å²) in [4.78, 5) is 25.4. The number of hydrogen-bond donors (Lipinski definition) is 0. The van der Waals surface area contributed by atoms with Gasteiger partial charge in [0.05, 0.1) is 0 Å². The zero-order chi connectivity index (χ0) is 3.58. The molecule has 0 radical (unpaired) electrons. The second kappa shape index (κ2) is 86.1. The largest absolute Gasteiger partial charge is 2.00 e. The predicted octanol–water partition coefficient (Wildman–Crippen LogP) is -4.78. The molecule has 0 saturated heterocycles. The fourth-order valence-corrected chi connectivity index (χ4v) is 0. The van der Waals surface area contributed by atoms with Crippen molar-refractivity contribution in [3.63, 3.8) is 0 Å². The Morgan fingerprint density at radius 3 is 0.615 bits per heavy atom. The SMILES string of the molecule is O.O.[O-2].[O-2].[O-]P([O-])[O-].[OH-].[Zn+2].[Zn+2].[Zn+2].[Zn+2]. The summed E-state index contributed by atoms with van der Waals surface area (Å²) in [6.45, 7) is 0. The molecule has 0 aliphatic heterocycles. The minimum Gasteiger partial charge on any atom is -2.00 e. The van der Waals surface area contributed by atoms with Crippen molar-refractivity contribution in [3.05, 3.63) is 0 Å². The van der Waals surface area contributed by atoms with Crippen LogP contribution in [-0.4, -0.2) is 16.4 Å². The third kappa shape index (κ3) is 342. The molecule has 0 aromatic rings. The normalized spacial score (nSPS) is 2.77. The molecule has 0 aromatic carbocycles. The van der Waals surface area contributed by atoms with Crippen molar-refractivity contribution in [2.24, 2.45) is 0 Å². The van der Waals surface area contributed by atoms with Gasteiger partial charge in [-0.3, -0.25) is 0 Å². The van der Waals surface area contributed by atoms with Gasteiger partial charge in [-0.1, -0.05) is 0 Å². The Balaban J connectivity index is -0.00000000125. The summed E-state index contributed by atoms with van der Waals surface area (Å²) in [5, 5.41) is 0. The molecule has 0 unspecified atom stereocenters. The monoisotopic (exact) mass is 420 g/mol.